The van der Waals surface area contributed by atoms with Gasteiger partial charge in [0.15, 0.2) is 0 Å². The third-order valence-electron chi connectivity index (χ3n) is 1.63. The van der Waals surface area contributed by atoms with Crippen LogP contribution >= 0.6 is 24.8 Å². The second kappa shape index (κ2) is 5.54. The van der Waals surface area contributed by atoms with Crippen LogP contribution < -0.4 is 0 Å². The second-order valence-corrected chi connectivity index (χ2v) is 3.26. The molecule has 2 rings (SSSR count). The van der Waals surface area contributed by atoms with Gasteiger partial charge in [-0.25, -0.2) is 0 Å². The molecule has 2 nitrogen and oxygen atoms in total. The van der Waals surface area contributed by atoms with Gasteiger partial charge in [-0.05, 0) is 0 Å². The van der Waals surface area contributed by atoms with Crippen molar-refractivity contribution >= 4 is 52.7 Å². The van der Waals surface area contributed by atoms with Crippen molar-refractivity contribution in [1.29, 1.82) is 0 Å². The molecule has 0 saturated heterocycles. The van der Waals surface area contributed by atoms with E-state index in [-0.39, 0.29) is 24.8 Å². The number of halogens is 2. The van der Waals surface area contributed by atoms with Crippen molar-refractivity contribution in [3.05, 3.63) is 30.1 Å². The molecule has 0 fully saturated rings. The van der Waals surface area contributed by atoms with Gasteiger partial charge in [0.05, 0.1) is 0 Å². The summed E-state index contributed by atoms with van der Waals surface area (Å²) in [6.07, 6.45) is 0. The van der Waals surface area contributed by atoms with Crippen molar-refractivity contribution in [3.63, 3.8) is 0 Å². The van der Waals surface area contributed by atoms with Crippen LogP contribution in [-0.2, 0) is 5.21 Å². The number of nitrogens with one attached hydrogen (secondary N) is 1. The molecule has 1 aromatic carbocycles. The Bertz CT molecular complexity index is 342. The first-order valence-electron chi connectivity index (χ1n) is 3.54. The van der Waals surface area contributed by atoms with Crippen LogP contribution in [-0.4, -0.2) is 26.8 Å². The number of H-pyrrole nitrogens is 1. The number of fused-ring (bicyclic) bond motifs is 1. The third-order valence-corrected chi connectivity index (χ3v) is 2.44. The predicted molar refractivity (Wildman–Crippen MR) is 62.8 cm³/mol. The van der Waals surface area contributed by atoms with Crippen LogP contribution in [0.5, 0.6) is 0 Å². The quantitative estimate of drug-likeness (QED) is 0.789. The molecule has 1 N–H and O–H groups in total. The van der Waals surface area contributed by atoms with Crippen LogP contribution in [0.2, 0.25) is 0 Å². The summed E-state index contributed by atoms with van der Waals surface area (Å²) in [5, 5.41) is 1.03. The van der Waals surface area contributed by atoms with Crippen LogP contribution in [0.3, 0.4) is 0 Å². The van der Waals surface area contributed by atoms with Crippen molar-refractivity contribution in [2.75, 3.05) is 0 Å². The SMILES string of the molecule is Cl.Cl.[AsH2]Cc1nc2ccccc2[nH]1. The zero-order chi connectivity index (χ0) is 7.68. The van der Waals surface area contributed by atoms with Crippen molar-refractivity contribution in [2.45, 2.75) is 5.21 Å². The molecule has 0 radical (unpaired) electrons. The summed E-state index contributed by atoms with van der Waals surface area (Å²) >= 11 is 1.68. The van der Waals surface area contributed by atoms with Gasteiger partial charge in [0.1, 0.15) is 0 Å². The molecule has 0 amide bonds. The number of hydrogen-bond acceptors (Lipinski definition) is 1. The number of hydrogen-bond donors (Lipinski definition) is 1. The zero-order valence-corrected chi connectivity index (χ0v) is 10.9. The van der Waals surface area contributed by atoms with Crippen molar-refractivity contribution in [1.82, 2.24) is 9.97 Å². The predicted octanol–water partition coefficient (Wildman–Crippen LogP) is 1.54. The molecular formula is C8H11AsCl2N2. The molecule has 0 saturated carbocycles. The summed E-state index contributed by atoms with van der Waals surface area (Å²) in [6, 6.07) is 8.10. The molecule has 0 bridgehead atoms. The Balaban J connectivity index is 0.000000720. The molecule has 13 heavy (non-hydrogen) atoms. The van der Waals surface area contributed by atoms with E-state index in [0.717, 1.165) is 22.1 Å². The van der Waals surface area contributed by atoms with Gasteiger partial charge in [0.25, 0.3) is 0 Å². The molecule has 0 aliphatic carbocycles. The van der Waals surface area contributed by atoms with Gasteiger partial charge in [-0.3, -0.25) is 0 Å². The van der Waals surface area contributed by atoms with E-state index in [1.54, 1.807) is 16.9 Å². The standard InChI is InChI=1S/C8H9AsN2.2ClH/c9-5-8-10-6-3-1-2-4-7(6)11-8;;/h1-4H,5,9H2,(H,10,11);2*1H. The summed E-state index contributed by atoms with van der Waals surface area (Å²) in [5.41, 5.74) is 2.21. The number of para-hydroxylation sites is 2. The minimum absolute atomic E-state index is 0. The Labute approximate surface area is 97.8 Å². The average Bonchev–Trinajstić information content (AvgIpc) is 2.46. The van der Waals surface area contributed by atoms with Gasteiger partial charge < -0.3 is 0 Å². The van der Waals surface area contributed by atoms with Crippen LogP contribution in [0, 0.1) is 0 Å². The molecule has 0 aliphatic heterocycles. The fourth-order valence-electron chi connectivity index (χ4n) is 1.10. The zero-order valence-electron chi connectivity index (χ0n) is 6.86. The number of aromatic amines is 1. The fraction of sp³-hybridized carbons (Fsp3) is 0.125. The molecular weight excluding hydrogens is 270 g/mol. The summed E-state index contributed by atoms with van der Waals surface area (Å²) in [7, 11) is 0. The van der Waals surface area contributed by atoms with E-state index in [0.29, 0.717) is 0 Å². The molecule has 72 valence electrons. The molecule has 5 heteroatoms. The van der Waals surface area contributed by atoms with Crippen molar-refractivity contribution in [2.24, 2.45) is 0 Å². The van der Waals surface area contributed by atoms with E-state index in [1.165, 1.54) is 0 Å². The molecule has 2 aromatic rings. The van der Waals surface area contributed by atoms with Gasteiger partial charge in [-0.15, -0.1) is 24.8 Å². The second-order valence-electron chi connectivity index (χ2n) is 2.40. The van der Waals surface area contributed by atoms with E-state index in [2.05, 4.69) is 16.0 Å². The Hall–Kier alpha value is -0.172. The number of rotatable bonds is 1. The molecule has 1 heterocycles. The van der Waals surface area contributed by atoms with Crippen LogP contribution in [0.1, 0.15) is 5.82 Å². The fourth-order valence-corrected chi connectivity index (χ4v) is 1.51. The van der Waals surface area contributed by atoms with Crippen LogP contribution in [0.25, 0.3) is 11.0 Å². The maximum atomic E-state index is 4.39. The van der Waals surface area contributed by atoms with E-state index in [1.807, 2.05) is 18.2 Å². The maximum absolute atomic E-state index is 4.39. The average molecular weight is 281 g/mol. The summed E-state index contributed by atoms with van der Waals surface area (Å²) in [4.78, 5) is 7.64. The summed E-state index contributed by atoms with van der Waals surface area (Å²) in [5.74, 6) is 1.09. The first kappa shape index (κ1) is 12.8. The van der Waals surface area contributed by atoms with E-state index >= 15 is 0 Å². The molecule has 1 aromatic heterocycles. The summed E-state index contributed by atoms with van der Waals surface area (Å²) in [6.45, 7) is 0. The van der Waals surface area contributed by atoms with E-state index in [9.17, 15) is 0 Å². The van der Waals surface area contributed by atoms with Crippen LogP contribution in [0.15, 0.2) is 24.3 Å². The number of imidazole rings is 1. The Morgan fingerprint density at radius 1 is 1.23 bits per heavy atom. The molecule has 1 atom stereocenters. The third kappa shape index (κ3) is 2.63. The topological polar surface area (TPSA) is 28.7 Å². The molecule has 1 unspecified atom stereocenters. The first-order valence-corrected chi connectivity index (χ1v) is 5.25. The minimum atomic E-state index is 0. The first-order chi connectivity index (χ1) is 5.40. The number of benzene rings is 1. The Morgan fingerprint density at radius 3 is 2.54 bits per heavy atom. The Kier molecular flexibility index (Phi) is 5.46. The van der Waals surface area contributed by atoms with E-state index < -0.39 is 0 Å². The summed E-state index contributed by atoms with van der Waals surface area (Å²) < 4.78 is 0. The monoisotopic (exact) mass is 280 g/mol. The van der Waals surface area contributed by atoms with Gasteiger partial charge in [0, 0.05) is 0 Å². The molecule has 0 aliphatic rings. The van der Waals surface area contributed by atoms with Gasteiger partial charge in [-0.1, -0.05) is 0 Å². The van der Waals surface area contributed by atoms with Crippen molar-refractivity contribution in [3.8, 4) is 0 Å². The van der Waals surface area contributed by atoms with Crippen LogP contribution in [0.4, 0.5) is 0 Å². The van der Waals surface area contributed by atoms with Crippen molar-refractivity contribution < 1.29 is 0 Å². The normalized spacial score (nSPS) is 9.00. The van der Waals surface area contributed by atoms with Gasteiger partial charge >= 0.3 is 73.2 Å². The molecule has 0 spiro atoms. The Morgan fingerprint density at radius 2 is 1.92 bits per heavy atom. The number of nitrogens with zero attached hydrogens (tertiary/aromatic N) is 1. The number of aromatic nitrogens is 2. The van der Waals surface area contributed by atoms with E-state index in [4.69, 9.17) is 0 Å². The van der Waals surface area contributed by atoms with Gasteiger partial charge in [-0.2, -0.15) is 0 Å². The van der Waals surface area contributed by atoms with Gasteiger partial charge in [0.2, 0.25) is 0 Å².